The molecule has 0 aliphatic carbocycles. The van der Waals surface area contributed by atoms with E-state index in [1.165, 1.54) is 0 Å². The largest absolute Gasteiger partial charge is 0.467 e. The van der Waals surface area contributed by atoms with Crippen molar-refractivity contribution in [1.82, 2.24) is 9.97 Å². The summed E-state index contributed by atoms with van der Waals surface area (Å²) in [4.78, 5) is 8.20. The SMILES string of the molecule is COc1ncc(C(C)C(C)(C)C)cn1. The molecule has 0 aromatic carbocycles. The van der Waals surface area contributed by atoms with E-state index in [9.17, 15) is 0 Å². The summed E-state index contributed by atoms with van der Waals surface area (Å²) in [6.07, 6.45) is 3.67. The standard InChI is InChI=1S/C11H18N2O/c1-8(11(2,3)4)9-6-12-10(14-5)13-7-9/h6-8H,1-5H3. The van der Waals surface area contributed by atoms with Gasteiger partial charge in [-0.1, -0.05) is 27.7 Å². The van der Waals surface area contributed by atoms with Crippen molar-refractivity contribution in [3.05, 3.63) is 18.0 Å². The zero-order valence-electron chi connectivity index (χ0n) is 9.53. The van der Waals surface area contributed by atoms with Crippen LogP contribution in [0.15, 0.2) is 12.4 Å². The summed E-state index contributed by atoms with van der Waals surface area (Å²) in [7, 11) is 1.57. The van der Waals surface area contributed by atoms with Gasteiger partial charge in [-0.05, 0) is 16.9 Å². The Bertz CT molecular complexity index is 287. The van der Waals surface area contributed by atoms with Gasteiger partial charge in [-0.3, -0.25) is 0 Å². The van der Waals surface area contributed by atoms with Gasteiger partial charge in [0.25, 0.3) is 0 Å². The topological polar surface area (TPSA) is 35.0 Å². The van der Waals surface area contributed by atoms with Crippen molar-refractivity contribution in [2.24, 2.45) is 5.41 Å². The van der Waals surface area contributed by atoms with Gasteiger partial charge in [0.15, 0.2) is 0 Å². The molecule has 78 valence electrons. The molecule has 0 amide bonds. The minimum absolute atomic E-state index is 0.234. The Balaban J connectivity index is 2.87. The molecule has 0 fully saturated rings. The van der Waals surface area contributed by atoms with Gasteiger partial charge in [-0.15, -0.1) is 0 Å². The molecule has 0 spiro atoms. The zero-order chi connectivity index (χ0) is 10.8. The summed E-state index contributed by atoms with van der Waals surface area (Å²) in [5.74, 6) is 0.438. The van der Waals surface area contributed by atoms with E-state index >= 15 is 0 Å². The van der Waals surface area contributed by atoms with Crippen molar-refractivity contribution in [3.8, 4) is 6.01 Å². The van der Waals surface area contributed by atoms with E-state index in [0.717, 1.165) is 5.56 Å². The Labute approximate surface area is 85.5 Å². The highest BCUT2D eigenvalue weighted by atomic mass is 16.5. The van der Waals surface area contributed by atoms with Gasteiger partial charge in [0.05, 0.1) is 7.11 Å². The van der Waals surface area contributed by atoms with Crippen LogP contribution in [0.5, 0.6) is 6.01 Å². The van der Waals surface area contributed by atoms with Crippen molar-refractivity contribution in [2.75, 3.05) is 7.11 Å². The second-order valence-corrected chi connectivity index (χ2v) is 4.59. The molecule has 0 aliphatic heterocycles. The van der Waals surface area contributed by atoms with Gasteiger partial charge in [-0.2, -0.15) is 0 Å². The molecule has 0 radical (unpaired) electrons. The monoisotopic (exact) mass is 194 g/mol. The molecule has 0 N–H and O–H groups in total. The maximum absolute atomic E-state index is 4.91. The normalized spacial score (nSPS) is 13.8. The highest BCUT2D eigenvalue weighted by Gasteiger charge is 2.22. The molecule has 0 saturated carbocycles. The Morgan fingerprint density at radius 2 is 1.71 bits per heavy atom. The number of ether oxygens (including phenoxy) is 1. The molecular weight excluding hydrogens is 176 g/mol. The van der Waals surface area contributed by atoms with E-state index in [0.29, 0.717) is 11.9 Å². The van der Waals surface area contributed by atoms with Crippen LogP contribution in [0.3, 0.4) is 0 Å². The van der Waals surface area contributed by atoms with E-state index in [1.807, 2.05) is 12.4 Å². The first-order valence-corrected chi connectivity index (χ1v) is 4.81. The van der Waals surface area contributed by atoms with Crippen molar-refractivity contribution in [2.45, 2.75) is 33.6 Å². The molecule has 1 unspecified atom stereocenters. The third kappa shape index (κ3) is 2.44. The highest BCUT2D eigenvalue weighted by molar-refractivity contribution is 5.14. The van der Waals surface area contributed by atoms with Gasteiger partial charge >= 0.3 is 6.01 Å². The first kappa shape index (κ1) is 11.0. The van der Waals surface area contributed by atoms with Gasteiger partial charge in [0.2, 0.25) is 0 Å². The molecule has 0 bridgehead atoms. The summed E-state index contributed by atoms with van der Waals surface area (Å²) in [6, 6.07) is 0.426. The lowest BCUT2D eigenvalue weighted by Gasteiger charge is -2.26. The van der Waals surface area contributed by atoms with Crippen LogP contribution in [0.1, 0.15) is 39.2 Å². The van der Waals surface area contributed by atoms with Gasteiger partial charge in [-0.25, -0.2) is 9.97 Å². The zero-order valence-corrected chi connectivity index (χ0v) is 9.53. The quantitative estimate of drug-likeness (QED) is 0.726. The number of methoxy groups -OCH3 is 1. The first-order chi connectivity index (χ1) is 6.45. The predicted octanol–water partition coefficient (Wildman–Crippen LogP) is 2.63. The van der Waals surface area contributed by atoms with Crippen LogP contribution < -0.4 is 4.74 Å². The summed E-state index contributed by atoms with van der Waals surface area (Å²) in [5, 5.41) is 0. The summed E-state index contributed by atoms with van der Waals surface area (Å²) in [5.41, 5.74) is 1.39. The lowest BCUT2D eigenvalue weighted by atomic mass is 9.79. The minimum atomic E-state index is 0.234. The molecule has 1 atom stereocenters. The Kier molecular flexibility index (Phi) is 3.09. The van der Waals surface area contributed by atoms with E-state index in [2.05, 4.69) is 37.7 Å². The lowest BCUT2D eigenvalue weighted by molar-refractivity contribution is 0.335. The maximum Gasteiger partial charge on any atom is 0.316 e. The predicted molar refractivity (Wildman–Crippen MR) is 56.5 cm³/mol. The molecule has 3 heteroatoms. The Hall–Kier alpha value is -1.12. The first-order valence-electron chi connectivity index (χ1n) is 4.81. The van der Waals surface area contributed by atoms with Crippen molar-refractivity contribution >= 4 is 0 Å². The van der Waals surface area contributed by atoms with E-state index < -0.39 is 0 Å². The summed E-state index contributed by atoms with van der Waals surface area (Å²) in [6.45, 7) is 8.82. The van der Waals surface area contributed by atoms with E-state index in [4.69, 9.17) is 4.74 Å². The van der Waals surface area contributed by atoms with Crippen LogP contribution in [-0.2, 0) is 0 Å². The van der Waals surface area contributed by atoms with Crippen LogP contribution in [0, 0.1) is 5.41 Å². The molecule has 1 rings (SSSR count). The number of hydrogen-bond acceptors (Lipinski definition) is 3. The summed E-state index contributed by atoms with van der Waals surface area (Å²) < 4.78 is 4.91. The average Bonchev–Trinajstić information content (AvgIpc) is 2.15. The molecule has 0 saturated heterocycles. The van der Waals surface area contributed by atoms with Crippen LogP contribution in [0.2, 0.25) is 0 Å². The number of aromatic nitrogens is 2. The molecule has 1 aromatic rings. The maximum atomic E-state index is 4.91. The van der Waals surface area contributed by atoms with Crippen LogP contribution in [0.4, 0.5) is 0 Å². The fraction of sp³-hybridized carbons (Fsp3) is 0.636. The fourth-order valence-corrected chi connectivity index (χ4v) is 1.16. The fourth-order valence-electron chi connectivity index (χ4n) is 1.16. The number of rotatable bonds is 2. The summed E-state index contributed by atoms with van der Waals surface area (Å²) >= 11 is 0. The minimum Gasteiger partial charge on any atom is -0.467 e. The third-order valence-electron chi connectivity index (χ3n) is 2.63. The van der Waals surface area contributed by atoms with Crippen LogP contribution in [0.25, 0.3) is 0 Å². The Morgan fingerprint density at radius 1 is 1.21 bits per heavy atom. The van der Waals surface area contributed by atoms with Crippen molar-refractivity contribution in [3.63, 3.8) is 0 Å². The third-order valence-corrected chi connectivity index (χ3v) is 2.63. The smallest absolute Gasteiger partial charge is 0.316 e. The molecule has 3 nitrogen and oxygen atoms in total. The second-order valence-electron chi connectivity index (χ2n) is 4.59. The van der Waals surface area contributed by atoms with E-state index in [1.54, 1.807) is 7.11 Å². The average molecular weight is 194 g/mol. The molecule has 14 heavy (non-hydrogen) atoms. The van der Waals surface area contributed by atoms with Crippen molar-refractivity contribution < 1.29 is 4.74 Å². The van der Waals surface area contributed by atoms with E-state index in [-0.39, 0.29) is 5.41 Å². The second kappa shape index (κ2) is 3.95. The van der Waals surface area contributed by atoms with Gasteiger partial charge < -0.3 is 4.74 Å². The molecule has 0 aliphatic rings. The van der Waals surface area contributed by atoms with Crippen molar-refractivity contribution in [1.29, 1.82) is 0 Å². The molecule has 1 aromatic heterocycles. The lowest BCUT2D eigenvalue weighted by Crippen LogP contribution is -2.15. The number of nitrogens with zero attached hydrogens (tertiary/aromatic N) is 2. The molecule has 1 heterocycles. The highest BCUT2D eigenvalue weighted by Crippen LogP contribution is 2.33. The molecular formula is C11H18N2O. The number of hydrogen-bond donors (Lipinski definition) is 0. The van der Waals surface area contributed by atoms with Gasteiger partial charge in [0.1, 0.15) is 0 Å². The Morgan fingerprint density at radius 3 is 2.07 bits per heavy atom. The van der Waals surface area contributed by atoms with Crippen LogP contribution in [-0.4, -0.2) is 17.1 Å². The van der Waals surface area contributed by atoms with Gasteiger partial charge in [0, 0.05) is 12.4 Å². The van der Waals surface area contributed by atoms with Crippen LogP contribution >= 0.6 is 0 Å².